The maximum absolute atomic E-state index is 13.2. The lowest BCUT2D eigenvalue weighted by atomic mass is 9.68. The number of aromatic nitrogens is 2. The van der Waals surface area contributed by atoms with Crippen molar-refractivity contribution in [3.05, 3.63) is 72.1 Å². The van der Waals surface area contributed by atoms with Crippen molar-refractivity contribution in [3.63, 3.8) is 0 Å². The van der Waals surface area contributed by atoms with E-state index in [1.165, 1.54) is 59.1 Å². The zero-order chi connectivity index (χ0) is 31.2. The van der Waals surface area contributed by atoms with E-state index in [0.29, 0.717) is 31.5 Å². The Kier molecular flexibility index (Phi) is 7.88. The number of thiophene rings is 2. The Morgan fingerprint density at radius 2 is 1.14 bits per heavy atom. The summed E-state index contributed by atoms with van der Waals surface area (Å²) in [5, 5.41) is 37.7. The highest BCUT2D eigenvalue weighted by Gasteiger charge is 2.46. The van der Waals surface area contributed by atoms with E-state index < -0.39 is 0 Å². The van der Waals surface area contributed by atoms with Crippen molar-refractivity contribution in [3.8, 4) is 34.0 Å². The first-order valence-corrected chi connectivity index (χ1v) is 17.4. The average molecular weight is 653 g/mol. The van der Waals surface area contributed by atoms with Crippen molar-refractivity contribution < 1.29 is 0 Å². The maximum Gasteiger partial charge on any atom is 0.269 e. The van der Waals surface area contributed by atoms with Crippen LogP contribution in [0, 0.1) is 45.3 Å². The highest BCUT2D eigenvalue weighted by atomic mass is 32.1. The molecule has 0 radical (unpaired) electrons. The molecule has 0 saturated heterocycles. The van der Waals surface area contributed by atoms with Crippen LogP contribution in [0.15, 0.2) is 21.7 Å². The summed E-state index contributed by atoms with van der Waals surface area (Å²) in [7, 11) is 0. The minimum Gasteiger partial charge on any atom is -0.298 e. The second-order valence-electron chi connectivity index (χ2n) is 10.6. The van der Waals surface area contributed by atoms with E-state index in [4.69, 9.17) is 0 Å². The zero-order valence-corrected chi connectivity index (χ0v) is 27.2. The molecule has 218 valence electrons. The summed E-state index contributed by atoms with van der Waals surface area (Å²) in [6.45, 7) is 4.39. The molecule has 0 atom stereocenters. The summed E-state index contributed by atoms with van der Waals surface area (Å²) in [4.78, 5) is 30.7. The molecule has 2 aliphatic rings. The van der Waals surface area contributed by atoms with Gasteiger partial charge in [-0.25, -0.2) is 0 Å². The smallest absolute Gasteiger partial charge is 0.269 e. The van der Waals surface area contributed by atoms with Gasteiger partial charge >= 0.3 is 0 Å². The number of rotatable bonds is 4. The van der Waals surface area contributed by atoms with Crippen LogP contribution in [0.2, 0.25) is 0 Å². The fraction of sp³-hybridized carbons (Fsp3) is 0.312. The van der Waals surface area contributed by atoms with E-state index in [1.807, 2.05) is 50.3 Å². The predicted molar refractivity (Wildman–Crippen MR) is 175 cm³/mol. The molecule has 0 unspecified atom stereocenters. The molecule has 6 rings (SSSR count). The van der Waals surface area contributed by atoms with Crippen molar-refractivity contribution in [2.24, 2.45) is 0 Å². The van der Waals surface area contributed by atoms with Gasteiger partial charge in [0.1, 0.15) is 33.6 Å². The van der Waals surface area contributed by atoms with Crippen LogP contribution in [0.1, 0.15) is 66.8 Å². The molecule has 44 heavy (non-hydrogen) atoms. The van der Waals surface area contributed by atoms with Crippen LogP contribution >= 0.6 is 45.3 Å². The second kappa shape index (κ2) is 11.7. The van der Waals surface area contributed by atoms with E-state index in [2.05, 4.69) is 12.1 Å². The maximum atomic E-state index is 13.2. The molecular weight excluding hydrogens is 629 g/mol. The van der Waals surface area contributed by atoms with Gasteiger partial charge < -0.3 is 0 Å². The lowest BCUT2D eigenvalue weighted by Gasteiger charge is -2.34. The summed E-state index contributed by atoms with van der Waals surface area (Å²) >= 11 is 5.65. The van der Waals surface area contributed by atoms with Crippen molar-refractivity contribution in [2.75, 3.05) is 0 Å². The molecule has 0 bridgehead atoms. The molecule has 4 aromatic rings. The van der Waals surface area contributed by atoms with Crippen LogP contribution in [0.3, 0.4) is 0 Å². The van der Waals surface area contributed by atoms with Crippen LogP contribution in [0.25, 0.3) is 33.1 Å². The average Bonchev–Trinajstić information content (AvgIpc) is 3.82. The van der Waals surface area contributed by atoms with Gasteiger partial charge in [-0.05, 0) is 62.1 Å². The Bertz CT molecular complexity index is 2200. The fourth-order valence-corrected chi connectivity index (χ4v) is 11.3. The van der Waals surface area contributed by atoms with Crippen molar-refractivity contribution in [2.45, 2.75) is 64.5 Å². The molecule has 0 aromatic carbocycles. The van der Waals surface area contributed by atoms with Gasteiger partial charge in [0.05, 0.1) is 9.06 Å². The van der Waals surface area contributed by atoms with Gasteiger partial charge in [0.25, 0.3) is 11.1 Å². The number of thiazole rings is 2. The van der Waals surface area contributed by atoms with Crippen LogP contribution < -0.4 is 29.5 Å². The molecule has 12 heteroatoms. The summed E-state index contributed by atoms with van der Waals surface area (Å²) in [6, 6.07) is 12.1. The molecule has 1 saturated carbocycles. The van der Waals surface area contributed by atoms with Gasteiger partial charge in [-0.1, -0.05) is 19.3 Å². The molecule has 0 amide bonds. The van der Waals surface area contributed by atoms with E-state index in [-0.39, 0.29) is 27.7 Å². The summed E-state index contributed by atoms with van der Waals surface area (Å²) in [6.07, 6.45) is 9.26. The summed E-state index contributed by atoms with van der Waals surface area (Å²) < 4.78 is 4.73. The standard InChI is InChI=1S/C32H24N6O2S4/c1-3-37-28(39)24(43-30(37)18(14-33)15-34)12-20-10-22-26(41-20)27-23(32(22)8-6-5-7-9-32)11-21(42-27)13-25-29(40)38(4-2)31(44-25)19(16-35)17-36/h10-13H,3-9H2,1-2H3/b24-12-,25-13-. The number of fused-ring (bicyclic) bond motifs is 5. The van der Waals surface area contributed by atoms with Crippen LogP contribution in [0.4, 0.5) is 0 Å². The fourth-order valence-electron chi connectivity index (χ4n) is 6.33. The largest absolute Gasteiger partial charge is 0.298 e. The highest BCUT2D eigenvalue weighted by molar-refractivity contribution is 7.23. The molecule has 4 heterocycles. The summed E-state index contributed by atoms with van der Waals surface area (Å²) in [5.41, 5.74) is 1.95. The Morgan fingerprint density at radius 3 is 1.50 bits per heavy atom. The quantitative estimate of drug-likeness (QED) is 0.330. The summed E-state index contributed by atoms with van der Waals surface area (Å²) in [5.74, 6) is 0. The number of hydrogen-bond acceptors (Lipinski definition) is 10. The number of nitriles is 4. The topological polar surface area (TPSA) is 139 Å². The van der Waals surface area contributed by atoms with Gasteiger partial charge in [-0.15, -0.1) is 45.3 Å². The highest BCUT2D eigenvalue weighted by Crippen LogP contribution is 2.60. The molecule has 8 nitrogen and oxygen atoms in total. The third kappa shape index (κ3) is 4.54. The molecular formula is C32H24N6O2S4. The third-order valence-electron chi connectivity index (χ3n) is 8.32. The van der Waals surface area contributed by atoms with Gasteiger partial charge in [0.2, 0.25) is 0 Å². The van der Waals surface area contributed by atoms with Crippen LogP contribution in [0.5, 0.6) is 0 Å². The third-order valence-corrected chi connectivity index (χ3v) is 12.9. The Balaban J connectivity index is 1.53. The van der Waals surface area contributed by atoms with Gasteiger partial charge in [0, 0.05) is 38.0 Å². The molecule has 2 aliphatic carbocycles. The Labute approximate surface area is 268 Å². The SMILES string of the molecule is CCn1c(=C(C#N)C#N)s/c(=C\c2cc3c(s2)-c2sc(/C=c4\sc(=C(C#N)C#N)n(CC)c4=O)cc2C32CCCCC2)c1=O. The minimum atomic E-state index is -0.202. The Morgan fingerprint density at radius 1 is 0.727 bits per heavy atom. The van der Waals surface area contributed by atoms with Crippen LogP contribution in [-0.2, 0) is 18.5 Å². The van der Waals surface area contributed by atoms with Crippen molar-refractivity contribution in [1.82, 2.24) is 9.13 Å². The van der Waals surface area contributed by atoms with E-state index in [0.717, 1.165) is 35.4 Å². The van der Waals surface area contributed by atoms with Crippen molar-refractivity contribution >= 4 is 68.6 Å². The predicted octanol–water partition coefficient (Wildman–Crippen LogP) is 3.58. The molecule has 0 N–H and O–H groups in total. The molecule has 1 fully saturated rings. The van der Waals surface area contributed by atoms with E-state index in [9.17, 15) is 30.6 Å². The van der Waals surface area contributed by atoms with Gasteiger partial charge in [-0.2, -0.15) is 21.0 Å². The lowest BCUT2D eigenvalue weighted by molar-refractivity contribution is 0.353. The Hall–Kier alpha value is -4.30. The molecule has 0 aliphatic heterocycles. The monoisotopic (exact) mass is 652 g/mol. The van der Waals surface area contributed by atoms with Gasteiger partial charge in [-0.3, -0.25) is 18.7 Å². The minimum absolute atomic E-state index is 0.0617. The van der Waals surface area contributed by atoms with E-state index >= 15 is 0 Å². The normalized spacial score (nSPS) is 15.3. The molecule has 1 spiro atoms. The molecule has 4 aromatic heterocycles. The first-order valence-electron chi connectivity index (χ1n) is 14.1. The van der Waals surface area contributed by atoms with Crippen molar-refractivity contribution in [1.29, 1.82) is 21.0 Å². The first kappa shape index (κ1) is 29.8. The van der Waals surface area contributed by atoms with Crippen LogP contribution in [-0.4, -0.2) is 9.13 Å². The second-order valence-corrected chi connectivity index (χ2v) is 14.8. The number of nitrogens with zero attached hydrogens (tertiary/aromatic N) is 6. The lowest BCUT2D eigenvalue weighted by Crippen LogP contribution is -2.31. The zero-order valence-electron chi connectivity index (χ0n) is 23.9. The first-order chi connectivity index (χ1) is 21.3. The number of hydrogen-bond donors (Lipinski definition) is 0. The van der Waals surface area contributed by atoms with Gasteiger partial charge in [0.15, 0.2) is 11.1 Å². The van der Waals surface area contributed by atoms with E-state index in [1.54, 1.807) is 22.7 Å².